The predicted molar refractivity (Wildman–Crippen MR) is 62.6 cm³/mol. The molecule has 0 unspecified atom stereocenters. The van der Waals surface area contributed by atoms with E-state index in [1.54, 1.807) is 7.11 Å². The van der Waals surface area contributed by atoms with Gasteiger partial charge < -0.3 is 15.6 Å². The van der Waals surface area contributed by atoms with E-state index in [0.717, 1.165) is 22.0 Å². The van der Waals surface area contributed by atoms with Crippen molar-refractivity contribution in [2.75, 3.05) is 7.11 Å². The maximum absolute atomic E-state index is 9.77. The third-order valence-electron chi connectivity index (χ3n) is 2.67. The summed E-state index contributed by atoms with van der Waals surface area (Å²) in [5.74, 6) is 0.756. The van der Waals surface area contributed by atoms with Crippen molar-refractivity contribution in [3.63, 3.8) is 0 Å². The topological polar surface area (TPSA) is 55.5 Å². The molecule has 1 atom stereocenters. The summed E-state index contributed by atoms with van der Waals surface area (Å²) >= 11 is 2.14. The van der Waals surface area contributed by atoms with Gasteiger partial charge in [-0.1, -0.05) is 0 Å². The lowest BCUT2D eigenvalue weighted by Crippen LogP contribution is -2.05. The number of hydrogen-bond donors (Lipinski definition) is 2. The molecule has 0 amide bonds. The molecule has 2 rings (SSSR count). The molecule has 0 bridgehead atoms. The van der Waals surface area contributed by atoms with Gasteiger partial charge in [0.15, 0.2) is 11.5 Å². The lowest BCUT2D eigenvalue weighted by Gasteiger charge is -2.11. The molecule has 1 aromatic carbocycles. The number of phenols is 1. The van der Waals surface area contributed by atoms with E-state index < -0.39 is 0 Å². The van der Waals surface area contributed by atoms with Gasteiger partial charge in [-0.25, -0.2) is 0 Å². The number of methoxy groups -OCH3 is 1. The summed E-state index contributed by atoms with van der Waals surface area (Å²) in [6.45, 7) is 0. The molecule has 4 heteroatoms. The molecule has 1 aliphatic rings. The highest BCUT2D eigenvalue weighted by atomic mass is 127. The van der Waals surface area contributed by atoms with Crippen LogP contribution in [0.2, 0.25) is 0 Å². The largest absolute Gasteiger partial charge is 0.504 e. The van der Waals surface area contributed by atoms with Gasteiger partial charge in [-0.2, -0.15) is 0 Å². The Bertz CT molecular complexity index is 379. The molecule has 0 aliphatic heterocycles. The number of halogens is 1. The average Bonchev–Trinajstić information content (AvgIpc) is 2.54. The molecule has 1 aliphatic carbocycles. The molecule has 0 spiro atoms. The summed E-state index contributed by atoms with van der Waals surface area (Å²) in [7, 11) is 1.55. The highest BCUT2D eigenvalue weighted by Crippen LogP contribution is 2.42. The smallest absolute Gasteiger partial charge is 0.171 e. The SMILES string of the molecule is COc1cc2c(c(I)c1O)CC[C@H]2N. The summed E-state index contributed by atoms with van der Waals surface area (Å²) in [6, 6.07) is 1.94. The van der Waals surface area contributed by atoms with E-state index in [2.05, 4.69) is 22.6 Å². The molecule has 0 saturated heterocycles. The van der Waals surface area contributed by atoms with Crippen LogP contribution in [0.5, 0.6) is 11.5 Å². The van der Waals surface area contributed by atoms with Crippen molar-refractivity contribution in [2.24, 2.45) is 5.73 Å². The minimum Gasteiger partial charge on any atom is -0.504 e. The summed E-state index contributed by atoms with van der Waals surface area (Å²) < 4.78 is 5.97. The van der Waals surface area contributed by atoms with E-state index in [1.165, 1.54) is 5.56 Å². The normalized spacial score (nSPS) is 19.5. The first-order valence-corrected chi connectivity index (χ1v) is 5.56. The lowest BCUT2D eigenvalue weighted by atomic mass is 10.1. The van der Waals surface area contributed by atoms with Crippen molar-refractivity contribution in [2.45, 2.75) is 18.9 Å². The number of hydrogen-bond acceptors (Lipinski definition) is 3. The second-order valence-corrected chi connectivity index (χ2v) is 4.53. The Labute approximate surface area is 96.4 Å². The van der Waals surface area contributed by atoms with Crippen LogP contribution in [0.1, 0.15) is 23.6 Å². The Kier molecular flexibility index (Phi) is 2.57. The number of benzene rings is 1. The molecule has 1 aromatic rings. The Hall–Kier alpha value is -0.490. The molecule has 0 radical (unpaired) electrons. The monoisotopic (exact) mass is 305 g/mol. The van der Waals surface area contributed by atoms with E-state index >= 15 is 0 Å². The van der Waals surface area contributed by atoms with Gasteiger partial charge in [-0.3, -0.25) is 0 Å². The lowest BCUT2D eigenvalue weighted by molar-refractivity contribution is 0.371. The maximum Gasteiger partial charge on any atom is 0.171 e. The standard InChI is InChI=1S/C10H12INO2/c1-14-8-4-6-5(2-3-7(6)12)9(11)10(8)13/h4,7,13H,2-3,12H2,1H3/t7-/m1/s1. The molecule has 0 aromatic heterocycles. The Morgan fingerprint density at radius 1 is 1.64 bits per heavy atom. The fourth-order valence-electron chi connectivity index (χ4n) is 1.87. The van der Waals surface area contributed by atoms with E-state index in [0.29, 0.717) is 5.75 Å². The number of phenolic OH excluding ortho intramolecular Hbond substituents is 1. The predicted octanol–water partition coefficient (Wildman–Crippen LogP) is 1.95. The van der Waals surface area contributed by atoms with Crippen LogP contribution in [-0.2, 0) is 6.42 Å². The van der Waals surface area contributed by atoms with Crippen molar-refractivity contribution in [1.82, 2.24) is 0 Å². The van der Waals surface area contributed by atoms with E-state index in [-0.39, 0.29) is 11.8 Å². The molecule has 3 N–H and O–H groups in total. The molecule has 0 heterocycles. The van der Waals surface area contributed by atoms with Gasteiger partial charge >= 0.3 is 0 Å². The average molecular weight is 305 g/mol. The first-order valence-electron chi connectivity index (χ1n) is 4.49. The molecule has 0 saturated carbocycles. The summed E-state index contributed by atoms with van der Waals surface area (Å²) in [4.78, 5) is 0. The van der Waals surface area contributed by atoms with Gasteiger partial charge in [0.25, 0.3) is 0 Å². The number of aromatic hydroxyl groups is 1. The molecule has 3 nitrogen and oxygen atoms in total. The summed E-state index contributed by atoms with van der Waals surface area (Å²) in [5, 5.41) is 9.77. The Morgan fingerprint density at radius 2 is 2.36 bits per heavy atom. The molecule has 14 heavy (non-hydrogen) atoms. The number of nitrogens with two attached hydrogens (primary N) is 1. The molecule has 0 fully saturated rings. The third-order valence-corrected chi connectivity index (χ3v) is 3.83. The zero-order valence-electron chi connectivity index (χ0n) is 7.88. The fraction of sp³-hybridized carbons (Fsp3) is 0.400. The quantitative estimate of drug-likeness (QED) is 0.780. The number of fused-ring (bicyclic) bond motifs is 1. The fourth-order valence-corrected chi connectivity index (χ4v) is 2.72. The van der Waals surface area contributed by atoms with Gasteiger partial charge in [0.2, 0.25) is 0 Å². The van der Waals surface area contributed by atoms with Crippen LogP contribution in [0.4, 0.5) is 0 Å². The maximum atomic E-state index is 9.77. The van der Waals surface area contributed by atoms with Gasteiger partial charge in [0.05, 0.1) is 10.7 Å². The van der Waals surface area contributed by atoms with Gasteiger partial charge in [-0.05, 0) is 52.6 Å². The second-order valence-electron chi connectivity index (χ2n) is 3.45. The second kappa shape index (κ2) is 3.58. The Balaban J connectivity index is 2.62. The van der Waals surface area contributed by atoms with E-state index in [1.807, 2.05) is 6.07 Å². The summed E-state index contributed by atoms with van der Waals surface area (Å²) in [5.41, 5.74) is 8.24. The van der Waals surface area contributed by atoms with Gasteiger partial charge in [-0.15, -0.1) is 0 Å². The molecular formula is C10H12INO2. The zero-order chi connectivity index (χ0) is 10.3. The van der Waals surface area contributed by atoms with Crippen LogP contribution in [0, 0.1) is 3.57 Å². The minimum atomic E-state index is 0.0908. The molecule has 76 valence electrons. The van der Waals surface area contributed by atoms with Crippen molar-refractivity contribution in [3.05, 3.63) is 20.8 Å². The highest BCUT2D eigenvalue weighted by Gasteiger charge is 2.25. The van der Waals surface area contributed by atoms with Crippen LogP contribution in [0.15, 0.2) is 6.07 Å². The first-order chi connectivity index (χ1) is 6.65. The number of rotatable bonds is 1. The Morgan fingerprint density at radius 3 is 3.00 bits per heavy atom. The van der Waals surface area contributed by atoms with E-state index in [4.69, 9.17) is 10.5 Å². The third kappa shape index (κ3) is 1.37. The zero-order valence-corrected chi connectivity index (χ0v) is 10.0. The number of ether oxygens (including phenoxy) is 1. The van der Waals surface area contributed by atoms with Gasteiger partial charge in [0.1, 0.15) is 0 Å². The van der Waals surface area contributed by atoms with Crippen LogP contribution in [0.3, 0.4) is 0 Å². The van der Waals surface area contributed by atoms with Crippen LogP contribution < -0.4 is 10.5 Å². The minimum absolute atomic E-state index is 0.0908. The van der Waals surface area contributed by atoms with Crippen molar-refractivity contribution >= 4 is 22.6 Å². The first kappa shape index (κ1) is 10.0. The van der Waals surface area contributed by atoms with E-state index in [9.17, 15) is 5.11 Å². The summed E-state index contributed by atoms with van der Waals surface area (Å²) in [6.07, 6.45) is 1.91. The van der Waals surface area contributed by atoms with Crippen LogP contribution in [-0.4, -0.2) is 12.2 Å². The van der Waals surface area contributed by atoms with Crippen molar-refractivity contribution in [1.29, 1.82) is 0 Å². The highest BCUT2D eigenvalue weighted by molar-refractivity contribution is 14.1. The van der Waals surface area contributed by atoms with Crippen LogP contribution >= 0.6 is 22.6 Å². The van der Waals surface area contributed by atoms with Gasteiger partial charge in [0, 0.05) is 6.04 Å². The van der Waals surface area contributed by atoms with Crippen molar-refractivity contribution in [3.8, 4) is 11.5 Å². The molecular weight excluding hydrogens is 293 g/mol. The van der Waals surface area contributed by atoms with Crippen molar-refractivity contribution < 1.29 is 9.84 Å². The van der Waals surface area contributed by atoms with Crippen LogP contribution in [0.25, 0.3) is 0 Å².